The molecule has 0 spiro atoms. The average Bonchev–Trinajstić information content (AvgIpc) is 2.42. The van der Waals surface area contributed by atoms with Gasteiger partial charge in [0.25, 0.3) is 0 Å². The van der Waals surface area contributed by atoms with Crippen LogP contribution in [0.25, 0.3) is 10.9 Å². The molecular weight excluding hydrogens is 248 g/mol. The van der Waals surface area contributed by atoms with Crippen molar-refractivity contribution in [1.82, 2.24) is 4.98 Å². The second-order valence-corrected chi connectivity index (χ2v) is 6.19. The first-order valence-corrected chi connectivity index (χ1v) is 7.16. The van der Waals surface area contributed by atoms with E-state index >= 15 is 0 Å². The molecule has 0 saturated carbocycles. The molecule has 0 fully saturated rings. The standard InChI is InChI=1S/C17H24N2O/c1-5-20-16(17(2,3)4)14(18)13-10-6-8-12-9-7-11-19-15(12)13/h6-11,14,16H,5,18H2,1-4H3. The van der Waals surface area contributed by atoms with Crippen LogP contribution in [0.15, 0.2) is 36.5 Å². The van der Waals surface area contributed by atoms with Crippen LogP contribution in [0.4, 0.5) is 0 Å². The van der Waals surface area contributed by atoms with Crippen molar-refractivity contribution < 1.29 is 4.74 Å². The van der Waals surface area contributed by atoms with Crippen molar-refractivity contribution in [2.45, 2.75) is 39.8 Å². The number of hydrogen-bond acceptors (Lipinski definition) is 3. The third kappa shape index (κ3) is 3.00. The molecule has 0 aliphatic rings. The fourth-order valence-corrected chi connectivity index (χ4v) is 2.63. The number of nitrogens with zero attached hydrogens (tertiary/aromatic N) is 1. The van der Waals surface area contributed by atoms with E-state index < -0.39 is 0 Å². The van der Waals surface area contributed by atoms with Gasteiger partial charge in [0.1, 0.15) is 0 Å². The minimum absolute atomic E-state index is 0.0215. The van der Waals surface area contributed by atoms with Gasteiger partial charge in [-0.15, -0.1) is 0 Å². The summed E-state index contributed by atoms with van der Waals surface area (Å²) in [6.45, 7) is 9.14. The summed E-state index contributed by atoms with van der Waals surface area (Å²) in [5, 5.41) is 1.12. The van der Waals surface area contributed by atoms with E-state index in [1.165, 1.54) is 0 Å². The second kappa shape index (κ2) is 5.90. The normalized spacial score (nSPS) is 15.2. The topological polar surface area (TPSA) is 48.1 Å². The number of rotatable bonds is 4. The summed E-state index contributed by atoms with van der Waals surface area (Å²) in [5.74, 6) is 0. The van der Waals surface area contributed by atoms with Crippen molar-refractivity contribution >= 4 is 10.9 Å². The van der Waals surface area contributed by atoms with Crippen LogP contribution >= 0.6 is 0 Å². The maximum absolute atomic E-state index is 6.51. The van der Waals surface area contributed by atoms with Gasteiger partial charge in [-0.1, -0.05) is 45.0 Å². The average molecular weight is 272 g/mol. The molecule has 20 heavy (non-hydrogen) atoms. The van der Waals surface area contributed by atoms with Gasteiger partial charge in [-0.05, 0) is 24.0 Å². The summed E-state index contributed by atoms with van der Waals surface area (Å²) >= 11 is 0. The van der Waals surface area contributed by atoms with Crippen LogP contribution in [0.5, 0.6) is 0 Å². The predicted molar refractivity (Wildman–Crippen MR) is 83.5 cm³/mol. The van der Waals surface area contributed by atoms with Crippen molar-refractivity contribution in [3.8, 4) is 0 Å². The first kappa shape index (κ1) is 14.9. The summed E-state index contributed by atoms with van der Waals surface area (Å²) < 4.78 is 5.92. The van der Waals surface area contributed by atoms with E-state index in [1.807, 2.05) is 25.3 Å². The molecule has 1 aromatic heterocycles. The number of nitrogens with two attached hydrogens (primary N) is 1. The lowest BCUT2D eigenvalue weighted by atomic mass is 9.82. The molecular formula is C17H24N2O. The van der Waals surface area contributed by atoms with Gasteiger partial charge in [0.2, 0.25) is 0 Å². The molecule has 3 heteroatoms. The van der Waals surface area contributed by atoms with E-state index in [1.54, 1.807) is 0 Å². The Morgan fingerprint density at radius 3 is 2.55 bits per heavy atom. The van der Waals surface area contributed by atoms with Gasteiger partial charge in [-0.3, -0.25) is 4.98 Å². The predicted octanol–water partition coefficient (Wildman–Crippen LogP) is 3.69. The van der Waals surface area contributed by atoms with Gasteiger partial charge in [0.15, 0.2) is 0 Å². The molecule has 3 nitrogen and oxygen atoms in total. The fraction of sp³-hybridized carbons (Fsp3) is 0.471. The molecule has 1 heterocycles. The lowest BCUT2D eigenvalue weighted by Crippen LogP contribution is -2.39. The maximum Gasteiger partial charge on any atom is 0.0816 e. The fourth-order valence-electron chi connectivity index (χ4n) is 2.63. The molecule has 1 aromatic carbocycles. The van der Waals surface area contributed by atoms with Gasteiger partial charge in [-0.2, -0.15) is 0 Å². The zero-order chi connectivity index (χ0) is 14.8. The van der Waals surface area contributed by atoms with Gasteiger partial charge >= 0.3 is 0 Å². The Morgan fingerprint density at radius 2 is 1.90 bits per heavy atom. The van der Waals surface area contributed by atoms with Crippen LogP contribution in [0, 0.1) is 5.41 Å². The Labute approximate surface area is 121 Å². The summed E-state index contributed by atoms with van der Waals surface area (Å²) in [6.07, 6.45) is 1.77. The Hall–Kier alpha value is -1.45. The highest BCUT2D eigenvalue weighted by atomic mass is 16.5. The SMILES string of the molecule is CCOC(C(N)c1cccc2cccnc12)C(C)(C)C. The Morgan fingerprint density at radius 1 is 1.20 bits per heavy atom. The van der Waals surface area contributed by atoms with Gasteiger partial charge in [-0.25, -0.2) is 0 Å². The lowest BCUT2D eigenvalue weighted by molar-refractivity contribution is -0.0280. The van der Waals surface area contributed by atoms with E-state index in [-0.39, 0.29) is 17.6 Å². The lowest BCUT2D eigenvalue weighted by Gasteiger charge is -2.35. The van der Waals surface area contributed by atoms with E-state index in [9.17, 15) is 0 Å². The number of fused-ring (bicyclic) bond motifs is 1. The first-order valence-electron chi connectivity index (χ1n) is 7.16. The zero-order valence-electron chi connectivity index (χ0n) is 12.8. The Balaban J connectivity index is 2.46. The molecule has 2 aromatic rings. The monoisotopic (exact) mass is 272 g/mol. The van der Waals surface area contributed by atoms with E-state index in [0.717, 1.165) is 16.5 Å². The van der Waals surface area contributed by atoms with Crippen LogP contribution in [0.3, 0.4) is 0 Å². The molecule has 2 atom stereocenters. The summed E-state index contributed by atoms with van der Waals surface area (Å²) in [4.78, 5) is 4.49. The smallest absolute Gasteiger partial charge is 0.0816 e. The van der Waals surface area contributed by atoms with E-state index in [4.69, 9.17) is 10.5 Å². The van der Waals surface area contributed by atoms with Crippen LogP contribution in [0.2, 0.25) is 0 Å². The largest absolute Gasteiger partial charge is 0.376 e. The number of hydrogen-bond donors (Lipinski definition) is 1. The number of aromatic nitrogens is 1. The summed E-state index contributed by atoms with van der Waals surface area (Å²) in [5.41, 5.74) is 8.51. The van der Waals surface area contributed by atoms with Gasteiger partial charge in [0, 0.05) is 18.2 Å². The molecule has 0 saturated heterocycles. The van der Waals surface area contributed by atoms with E-state index in [0.29, 0.717) is 6.61 Å². The minimum Gasteiger partial charge on any atom is -0.376 e. The Kier molecular flexibility index (Phi) is 4.41. The second-order valence-electron chi connectivity index (χ2n) is 6.19. The molecule has 2 N–H and O–H groups in total. The zero-order valence-corrected chi connectivity index (χ0v) is 12.8. The number of ether oxygens (including phenoxy) is 1. The molecule has 2 rings (SSSR count). The highest BCUT2D eigenvalue weighted by Gasteiger charge is 2.32. The van der Waals surface area contributed by atoms with Crippen LogP contribution in [-0.2, 0) is 4.74 Å². The molecule has 0 bridgehead atoms. The molecule has 0 aliphatic carbocycles. The quantitative estimate of drug-likeness (QED) is 0.923. The highest BCUT2D eigenvalue weighted by Crippen LogP contribution is 2.33. The summed E-state index contributed by atoms with van der Waals surface area (Å²) in [6, 6.07) is 9.97. The van der Waals surface area contributed by atoms with Crippen LogP contribution < -0.4 is 5.73 Å². The third-order valence-electron chi connectivity index (χ3n) is 3.55. The number of benzene rings is 1. The van der Waals surface area contributed by atoms with Crippen LogP contribution in [0.1, 0.15) is 39.3 Å². The number of para-hydroxylation sites is 1. The van der Waals surface area contributed by atoms with Crippen molar-refractivity contribution in [3.05, 3.63) is 42.1 Å². The Bertz CT molecular complexity index is 569. The van der Waals surface area contributed by atoms with E-state index in [2.05, 4.69) is 44.0 Å². The first-order chi connectivity index (χ1) is 9.45. The van der Waals surface area contributed by atoms with Crippen molar-refractivity contribution in [2.75, 3.05) is 6.61 Å². The molecule has 0 aliphatic heterocycles. The molecule has 0 amide bonds. The highest BCUT2D eigenvalue weighted by molar-refractivity contribution is 5.82. The third-order valence-corrected chi connectivity index (χ3v) is 3.55. The summed E-state index contributed by atoms with van der Waals surface area (Å²) in [7, 11) is 0. The maximum atomic E-state index is 6.51. The van der Waals surface area contributed by atoms with Gasteiger partial charge in [0.05, 0.1) is 17.7 Å². The van der Waals surface area contributed by atoms with Crippen molar-refractivity contribution in [2.24, 2.45) is 11.1 Å². The molecule has 2 unspecified atom stereocenters. The van der Waals surface area contributed by atoms with Crippen molar-refractivity contribution in [1.29, 1.82) is 0 Å². The number of pyridine rings is 1. The molecule has 108 valence electrons. The molecule has 0 radical (unpaired) electrons. The van der Waals surface area contributed by atoms with Crippen molar-refractivity contribution in [3.63, 3.8) is 0 Å². The minimum atomic E-state index is -0.187. The van der Waals surface area contributed by atoms with Gasteiger partial charge < -0.3 is 10.5 Å². The van der Waals surface area contributed by atoms with Crippen LogP contribution in [-0.4, -0.2) is 17.7 Å².